The van der Waals surface area contributed by atoms with Gasteiger partial charge in [-0.15, -0.1) is 0 Å². The highest BCUT2D eigenvalue weighted by Gasteiger charge is 2.59. The van der Waals surface area contributed by atoms with E-state index in [1.807, 2.05) is 42.5 Å². The van der Waals surface area contributed by atoms with Crippen LogP contribution in [0.25, 0.3) is 10.8 Å². The zero-order valence-corrected chi connectivity index (χ0v) is 17.2. The minimum Gasteiger partial charge on any atom is -0.378 e. The Bertz CT molecular complexity index is 1260. The number of anilines is 1. The number of rotatable bonds is 3. The number of amides is 2. The van der Waals surface area contributed by atoms with Crippen LogP contribution >= 0.6 is 23.4 Å². The van der Waals surface area contributed by atoms with Crippen LogP contribution in [0.4, 0.5) is 5.69 Å². The predicted molar refractivity (Wildman–Crippen MR) is 118 cm³/mol. The summed E-state index contributed by atoms with van der Waals surface area (Å²) in [6, 6.07) is 18.6. The van der Waals surface area contributed by atoms with Gasteiger partial charge in [0.05, 0.1) is 12.2 Å². The number of aliphatic hydroxyl groups is 1. The summed E-state index contributed by atoms with van der Waals surface area (Å²) in [5, 5.41) is 12.9. The number of carbonyl (C=O) groups is 2. The van der Waals surface area contributed by atoms with E-state index in [2.05, 4.69) is 4.99 Å². The fourth-order valence-corrected chi connectivity index (χ4v) is 5.23. The molecule has 0 saturated heterocycles. The summed E-state index contributed by atoms with van der Waals surface area (Å²) in [4.78, 5) is 31.1. The number of fused-ring (bicyclic) bond motifs is 2. The molecule has 2 amide bonds. The van der Waals surface area contributed by atoms with Crippen LogP contribution in [0.2, 0.25) is 5.02 Å². The van der Waals surface area contributed by atoms with Gasteiger partial charge in [-0.05, 0) is 34.5 Å². The highest BCUT2D eigenvalue weighted by molar-refractivity contribution is 8.15. The minimum atomic E-state index is -2.10. The fraction of sp³-hybridized carbons (Fsp3) is 0.136. The number of nitrogens with two attached hydrogens (primary N) is 1. The van der Waals surface area contributed by atoms with Gasteiger partial charge < -0.3 is 15.7 Å². The van der Waals surface area contributed by atoms with E-state index in [4.69, 9.17) is 17.3 Å². The minimum absolute atomic E-state index is 0.0299. The van der Waals surface area contributed by atoms with Crippen molar-refractivity contribution in [3.63, 3.8) is 0 Å². The molecule has 3 aromatic rings. The van der Waals surface area contributed by atoms with E-state index in [0.717, 1.165) is 28.1 Å². The van der Waals surface area contributed by atoms with Crippen LogP contribution in [0.15, 0.2) is 65.7 Å². The van der Waals surface area contributed by atoms with Gasteiger partial charge in [0.25, 0.3) is 11.8 Å². The van der Waals surface area contributed by atoms with Gasteiger partial charge in [-0.1, -0.05) is 65.8 Å². The standard InChI is InChI=1S/C22H16ClN3O3S/c23-14-8-9-17-16(10-14)22(29,18-19(27)25-21(24)30-18)20(28)26(17)11-13-6-3-5-12-4-1-2-7-15(12)13/h1-10,18,29H,11H2,(H2,24,25,27)/t18-,22+/m0/s1. The van der Waals surface area contributed by atoms with Gasteiger partial charge in [0.2, 0.25) is 0 Å². The molecule has 0 radical (unpaired) electrons. The number of halogens is 1. The molecule has 2 heterocycles. The lowest BCUT2D eigenvalue weighted by atomic mass is 9.91. The van der Waals surface area contributed by atoms with Crippen LogP contribution in [0.5, 0.6) is 0 Å². The maximum absolute atomic E-state index is 13.6. The smallest absolute Gasteiger partial charge is 0.265 e. The molecule has 3 N–H and O–H groups in total. The molecule has 8 heteroatoms. The maximum Gasteiger partial charge on any atom is 0.265 e. The zero-order chi connectivity index (χ0) is 21.0. The highest BCUT2D eigenvalue weighted by Crippen LogP contribution is 2.49. The van der Waals surface area contributed by atoms with Crippen LogP contribution in [-0.4, -0.2) is 27.3 Å². The number of carbonyl (C=O) groups excluding carboxylic acids is 2. The Kier molecular flexibility index (Phi) is 4.36. The number of hydrogen-bond acceptors (Lipinski definition) is 5. The van der Waals surface area contributed by atoms with Gasteiger partial charge in [-0.2, -0.15) is 4.99 Å². The first-order valence-electron chi connectivity index (χ1n) is 9.25. The maximum atomic E-state index is 13.6. The second-order valence-electron chi connectivity index (χ2n) is 7.24. The molecule has 5 rings (SSSR count). The third-order valence-corrected chi connectivity index (χ3v) is 6.85. The van der Waals surface area contributed by atoms with Crippen molar-refractivity contribution in [3.8, 4) is 0 Å². The lowest BCUT2D eigenvalue weighted by Gasteiger charge is -2.27. The van der Waals surface area contributed by atoms with Crippen molar-refractivity contribution in [2.75, 3.05) is 4.90 Å². The normalized spacial score (nSPS) is 23.2. The topological polar surface area (TPSA) is 96.0 Å². The summed E-state index contributed by atoms with van der Waals surface area (Å²) in [5.74, 6) is -1.23. The Morgan fingerprint density at radius 2 is 1.90 bits per heavy atom. The molecule has 6 nitrogen and oxygen atoms in total. The molecule has 0 aromatic heterocycles. The van der Waals surface area contributed by atoms with Gasteiger partial charge in [-0.25, -0.2) is 0 Å². The van der Waals surface area contributed by atoms with Gasteiger partial charge in [0.15, 0.2) is 10.8 Å². The number of benzene rings is 3. The quantitative estimate of drug-likeness (QED) is 0.656. The van der Waals surface area contributed by atoms with E-state index < -0.39 is 22.7 Å². The SMILES string of the molecule is NC1=NC(=O)[C@@H]([C@@]2(O)C(=O)N(Cc3cccc4ccccc34)c3ccc(Cl)cc32)S1. The van der Waals surface area contributed by atoms with Gasteiger partial charge >= 0.3 is 0 Å². The van der Waals surface area contributed by atoms with Crippen molar-refractivity contribution in [2.24, 2.45) is 10.7 Å². The Morgan fingerprint density at radius 1 is 1.13 bits per heavy atom. The van der Waals surface area contributed by atoms with Crippen molar-refractivity contribution in [2.45, 2.75) is 17.4 Å². The molecule has 2 aliphatic heterocycles. The average molecular weight is 438 g/mol. The van der Waals surface area contributed by atoms with E-state index in [9.17, 15) is 14.7 Å². The number of amidine groups is 1. The predicted octanol–water partition coefficient (Wildman–Crippen LogP) is 3.18. The summed E-state index contributed by atoms with van der Waals surface area (Å²) in [7, 11) is 0. The van der Waals surface area contributed by atoms with Crippen molar-refractivity contribution in [1.29, 1.82) is 0 Å². The molecule has 0 bridgehead atoms. The van der Waals surface area contributed by atoms with Crippen LogP contribution in [0, 0.1) is 0 Å². The zero-order valence-electron chi connectivity index (χ0n) is 15.6. The molecular formula is C22H16ClN3O3S. The second kappa shape index (κ2) is 6.84. The average Bonchev–Trinajstić information content (AvgIpc) is 3.18. The fourth-order valence-electron chi connectivity index (χ4n) is 4.12. The first kappa shape index (κ1) is 19.1. The number of aliphatic imine (C=N–C) groups is 1. The first-order chi connectivity index (χ1) is 14.4. The Labute approximate surface area is 181 Å². The molecule has 2 atom stereocenters. The number of thioether (sulfide) groups is 1. The van der Waals surface area contributed by atoms with Crippen molar-refractivity contribution in [1.82, 2.24) is 0 Å². The van der Waals surface area contributed by atoms with E-state index in [-0.39, 0.29) is 17.3 Å². The lowest BCUT2D eigenvalue weighted by molar-refractivity contribution is -0.140. The largest absolute Gasteiger partial charge is 0.378 e. The van der Waals surface area contributed by atoms with E-state index in [1.54, 1.807) is 12.1 Å². The Hall–Kier alpha value is -2.87. The molecule has 2 aliphatic rings. The van der Waals surface area contributed by atoms with Gasteiger partial charge in [-0.3, -0.25) is 9.59 Å². The van der Waals surface area contributed by atoms with Gasteiger partial charge in [0, 0.05) is 10.6 Å². The van der Waals surface area contributed by atoms with Crippen LogP contribution in [0.1, 0.15) is 11.1 Å². The number of hydrogen-bond donors (Lipinski definition) is 2. The Balaban J connectivity index is 1.62. The summed E-state index contributed by atoms with van der Waals surface area (Å²) in [6.07, 6.45) is 0. The van der Waals surface area contributed by atoms with Crippen LogP contribution in [-0.2, 0) is 21.7 Å². The molecule has 0 saturated carbocycles. The summed E-state index contributed by atoms with van der Waals surface area (Å²) in [5.41, 5.74) is 5.31. The van der Waals surface area contributed by atoms with Crippen LogP contribution in [0.3, 0.4) is 0 Å². The molecule has 150 valence electrons. The van der Waals surface area contributed by atoms with Gasteiger partial charge in [0.1, 0.15) is 5.25 Å². The molecule has 0 unspecified atom stereocenters. The van der Waals surface area contributed by atoms with E-state index in [1.165, 1.54) is 11.0 Å². The van der Waals surface area contributed by atoms with E-state index >= 15 is 0 Å². The first-order valence-corrected chi connectivity index (χ1v) is 10.5. The monoisotopic (exact) mass is 437 g/mol. The summed E-state index contributed by atoms with van der Waals surface area (Å²) < 4.78 is 0. The van der Waals surface area contributed by atoms with Crippen LogP contribution < -0.4 is 10.6 Å². The highest BCUT2D eigenvalue weighted by atomic mass is 35.5. The van der Waals surface area contributed by atoms with Crippen molar-refractivity contribution in [3.05, 3.63) is 76.8 Å². The van der Waals surface area contributed by atoms with E-state index in [0.29, 0.717) is 10.7 Å². The molecular weight excluding hydrogens is 422 g/mol. The molecule has 3 aromatic carbocycles. The van der Waals surface area contributed by atoms with Crippen molar-refractivity contribution < 1.29 is 14.7 Å². The molecule has 0 spiro atoms. The summed E-state index contributed by atoms with van der Waals surface area (Å²) >= 11 is 7.06. The molecule has 30 heavy (non-hydrogen) atoms. The number of nitrogens with zero attached hydrogens (tertiary/aromatic N) is 2. The summed E-state index contributed by atoms with van der Waals surface area (Å²) in [6.45, 7) is 0.235. The van der Waals surface area contributed by atoms with Crippen molar-refractivity contribution >= 4 is 56.8 Å². The second-order valence-corrected chi connectivity index (χ2v) is 8.81. The molecule has 0 aliphatic carbocycles. The molecule has 0 fully saturated rings. The lowest BCUT2D eigenvalue weighted by Crippen LogP contribution is -2.49. The Morgan fingerprint density at radius 3 is 2.67 bits per heavy atom. The third kappa shape index (κ3) is 2.74. The third-order valence-electron chi connectivity index (χ3n) is 5.50.